The van der Waals surface area contributed by atoms with Crippen molar-refractivity contribution in [1.82, 2.24) is 26.2 Å². The van der Waals surface area contributed by atoms with Gasteiger partial charge in [-0.2, -0.15) is 0 Å². The average Bonchev–Trinajstić information content (AvgIpc) is 3.89. The number of esters is 2. The fourth-order valence-corrected chi connectivity index (χ4v) is 9.30. The maximum Gasteiger partial charge on any atom is 0.408 e. The minimum absolute atomic E-state index is 0.0503. The number of likely N-dealkylation sites (N-methyl/N-ethyl adjacent to an activating group) is 1. The molecule has 18 heteroatoms. The van der Waals surface area contributed by atoms with Crippen molar-refractivity contribution in [3.8, 4) is 11.8 Å². The van der Waals surface area contributed by atoms with Crippen molar-refractivity contribution in [2.75, 3.05) is 20.7 Å². The third-order valence-corrected chi connectivity index (χ3v) is 12.8. The van der Waals surface area contributed by atoms with Crippen LogP contribution in [0.3, 0.4) is 0 Å². The first kappa shape index (κ1) is 48.8. The van der Waals surface area contributed by atoms with Crippen LogP contribution in [0, 0.1) is 29.6 Å². The largest absolute Gasteiger partial charge is 0.455 e. The van der Waals surface area contributed by atoms with Crippen LogP contribution < -0.4 is 16.2 Å². The molecule has 0 spiro atoms. The van der Waals surface area contributed by atoms with Crippen molar-refractivity contribution in [2.24, 2.45) is 17.8 Å². The van der Waals surface area contributed by atoms with E-state index in [-0.39, 0.29) is 36.6 Å². The Morgan fingerprint density at radius 2 is 1.77 bits per heavy atom. The molecule has 1 unspecified atom stereocenters. The van der Waals surface area contributed by atoms with E-state index in [9.17, 15) is 24.0 Å². The second kappa shape index (κ2) is 19.9. The number of ketones is 2. The highest BCUT2D eigenvalue weighted by atomic mass is 19.1. The fraction of sp³-hybridized carbons (Fsp3) is 0.574. The van der Waals surface area contributed by atoms with Gasteiger partial charge < -0.3 is 48.6 Å². The van der Waals surface area contributed by atoms with Gasteiger partial charge in [-0.1, -0.05) is 57.0 Å². The zero-order valence-corrected chi connectivity index (χ0v) is 38.5. The number of ether oxygens (including phenoxy) is 6. The van der Waals surface area contributed by atoms with Gasteiger partial charge in [-0.3, -0.25) is 15.0 Å². The summed E-state index contributed by atoms with van der Waals surface area (Å²) < 4.78 is 60.2. The van der Waals surface area contributed by atoms with Crippen molar-refractivity contribution in [3.05, 3.63) is 71.8 Å². The molecule has 0 radical (unpaired) electrons. The lowest BCUT2D eigenvalue weighted by atomic mass is 9.73. The first-order chi connectivity index (χ1) is 30.7. The lowest BCUT2D eigenvalue weighted by molar-refractivity contribution is -0.296. The first-order valence-corrected chi connectivity index (χ1v) is 21.9. The number of nitrogens with zero attached hydrogens (tertiary/aromatic N) is 2. The number of alkyl halides is 1. The molecule has 5 heterocycles. The number of amides is 1. The molecule has 6 rings (SSSR count). The van der Waals surface area contributed by atoms with Gasteiger partial charge in [0.2, 0.25) is 5.76 Å². The van der Waals surface area contributed by atoms with Crippen LogP contribution in [0.5, 0.6) is 0 Å². The van der Waals surface area contributed by atoms with Gasteiger partial charge in [0.05, 0.1) is 41.2 Å². The number of Topliss-reactive ketones (excluding diaryl/α,β-unsaturated/α-hetero) is 2. The van der Waals surface area contributed by atoms with E-state index in [1.165, 1.54) is 13.8 Å². The molecule has 2 aromatic rings. The Morgan fingerprint density at radius 3 is 2.43 bits per heavy atom. The monoisotopic (exact) mass is 905 g/mol. The van der Waals surface area contributed by atoms with Crippen LogP contribution in [0.2, 0.25) is 0 Å². The van der Waals surface area contributed by atoms with Crippen LogP contribution in [-0.4, -0.2) is 120 Å². The quantitative estimate of drug-likeness (QED) is 0.134. The van der Waals surface area contributed by atoms with E-state index in [4.69, 9.17) is 32.9 Å². The van der Waals surface area contributed by atoms with Gasteiger partial charge in [-0.15, -0.1) is 0 Å². The van der Waals surface area contributed by atoms with Gasteiger partial charge in [0, 0.05) is 30.0 Å². The number of carbonyl (C=O) groups is 5. The number of carbonyl (C=O) groups excluding carboxylic acids is 5. The maximum absolute atomic E-state index is 17.2. The summed E-state index contributed by atoms with van der Waals surface area (Å²) in [6.45, 7) is 11.7. The Balaban J connectivity index is 1.44. The molecule has 3 saturated heterocycles. The molecule has 65 heavy (non-hydrogen) atoms. The zero-order valence-electron chi connectivity index (χ0n) is 38.5. The second-order valence-electron chi connectivity index (χ2n) is 18.0. The number of aromatic nitrogens is 1. The average molecular weight is 906 g/mol. The molecule has 0 aliphatic carbocycles. The van der Waals surface area contributed by atoms with Gasteiger partial charge in [0.15, 0.2) is 23.8 Å². The summed E-state index contributed by atoms with van der Waals surface area (Å²) in [5, 5.41) is 6.78. The number of hydrazine groups is 1. The van der Waals surface area contributed by atoms with Gasteiger partial charge in [0.25, 0.3) is 5.67 Å². The third kappa shape index (κ3) is 10.4. The molecule has 17 nitrogen and oxygen atoms in total. The van der Waals surface area contributed by atoms with Crippen molar-refractivity contribution in [3.63, 3.8) is 0 Å². The smallest absolute Gasteiger partial charge is 0.408 e. The summed E-state index contributed by atoms with van der Waals surface area (Å²) in [6, 6.07) is 8.50. The number of rotatable bonds is 9. The van der Waals surface area contributed by atoms with E-state index in [2.05, 4.69) is 33.2 Å². The topological polar surface area (TPSA) is 206 Å². The zero-order chi connectivity index (χ0) is 47.4. The molecule has 3 N–H and O–H groups in total. The van der Waals surface area contributed by atoms with E-state index in [1.54, 1.807) is 82.4 Å². The summed E-state index contributed by atoms with van der Waals surface area (Å²) in [5.74, 6) is -1.06. The molecule has 1 aromatic carbocycles. The van der Waals surface area contributed by atoms with Crippen LogP contribution in [0.15, 0.2) is 59.3 Å². The standard InChI is InChI=1S/C47H60FN5O12/c1-11-35-47(8)38(50-44(58)64-47)28(4)36(54)26(2)25-45(6,59-22-16-19-31-24-33(52-65-31)32-20-15-21-49-51-32)40(29(5)39(55)46(7,48)43(57)61-35)63-42-37(34(53(9)10)23-27(3)60-42)62-41(56)30-17-13-12-14-18-30/h12-15,17-18,20-21,24,26-29,34-35,37-38,40,42,49,51H,11,22-23,25H2,1-10H3,(H,50,58)/t26-,27-,28+,29+,34+,35-,37-,38-,40-,42?,45+,46+,47-/m1/s1. The van der Waals surface area contributed by atoms with Crippen LogP contribution in [-0.2, 0) is 42.8 Å². The molecule has 13 atom stereocenters. The molecule has 4 aliphatic heterocycles. The molecular formula is C47H60FN5O12. The maximum atomic E-state index is 17.2. The van der Waals surface area contributed by atoms with Crippen molar-refractivity contribution in [1.29, 1.82) is 0 Å². The number of halogens is 1. The molecule has 352 valence electrons. The number of benzene rings is 1. The Kier molecular flexibility index (Phi) is 14.9. The van der Waals surface area contributed by atoms with Crippen LogP contribution in [0.25, 0.3) is 5.70 Å². The van der Waals surface area contributed by atoms with Crippen molar-refractivity contribution < 1.29 is 61.3 Å². The highest BCUT2D eigenvalue weighted by molar-refractivity contribution is 6.08. The number of hydrogen-bond acceptors (Lipinski definition) is 16. The molecule has 1 amide bonds. The normalized spacial score (nSPS) is 35.5. The van der Waals surface area contributed by atoms with Gasteiger partial charge in [-0.25, -0.2) is 18.8 Å². The lowest BCUT2D eigenvalue weighted by Gasteiger charge is -2.48. The SMILES string of the molecule is CC[C@H]1OC(=O)[C@@](C)(F)C(=O)[C@H](C)[C@@H](OC2O[C@H](C)C[C@H](N(C)C)[C@H]2OC(=O)c2ccccc2)[C@@](C)(OCC#Cc2cc(C3=CC=CNN3)no2)C[C@@H](C)C(=O)[C@H](C)[C@H]2NC(=O)O[C@@]21C. The Labute approximate surface area is 378 Å². The minimum Gasteiger partial charge on any atom is -0.455 e. The van der Waals surface area contributed by atoms with Gasteiger partial charge in [-0.05, 0) is 91.3 Å². The summed E-state index contributed by atoms with van der Waals surface area (Å²) in [6.07, 6.45) is -0.977. The van der Waals surface area contributed by atoms with E-state index < -0.39 is 101 Å². The Morgan fingerprint density at radius 1 is 1.05 bits per heavy atom. The third-order valence-electron chi connectivity index (χ3n) is 12.8. The van der Waals surface area contributed by atoms with E-state index >= 15 is 4.39 Å². The number of fused-ring (bicyclic) bond motifs is 1. The number of hydrogen-bond donors (Lipinski definition) is 3. The lowest BCUT2D eigenvalue weighted by Crippen LogP contribution is -2.62. The number of allylic oxidation sites excluding steroid dienone is 2. The Bertz CT molecular complexity index is 2220. The number of alkyl carbamates (subject to hydrolysis) is 1. The molecular weight excluding hydrogens is 846 g/mol. The Hall–Kier alpha value is -5.61. The first-order valence-electron chi connectivity index (χ1n) is 21.9. The van der Waals surface area contributed by atoms with Crippen LogP contribution in [0.4, 0.5) is 9.18 Å². The molecule has 0 saturated carbocycles. The predicted octanol–water partition coefficient (Wildman–Crippen LogP) is 4.81. The predicted molar refractivity (Wildman–Crippen MR) is 232 cm³/mol. The van der Waals surface area contributed by atoms with Gasteiger partial charge in [0.1, 0.15) is 24.2 Å². The van der Waals surface area contributed by atoms with Crippen LogP contribution in [0.1, 0.15) is 96.5 Å². The molecule has 1 aromatic heterocycles. The van der Waals surface area contributed by atoms with Crippen molar-refractivity contribution in [2.45, 2.75) is 134 Å². The van der Waals surface area contributed by atoms with E-state index in [0.29, 0.717) is 17.8 Å². The second-order valence-corrected chi connectivity index (χ2v) is 18.0. The highest BCUT2D eigenvalue weighted by Gasteiger charge is 2.59. The molecule has 0 bridgehead atoms. The summed E-state index contributed by atoms with van der Waals surface area (Å²) >= 11 is 0. The number of cyclic esters (lactones) is 1. The summed E-state index contributed by atoms with van der Waals surface area (Å²) in [5.41, 5.74) is 0.607. The fourth-order valence-electron chi connectivity index (χ4n) is 9.30. The van der Waals surface area contributed by atoms with Gasteiger partial charge >= 0.3 is 18.0 Å². The summed E-state index contributed by atoms with van der Waals surface area (Å²) in [7, 11) is 3.63. The van der Waals surface area contributed by atoms with E-state index in [0.717, 1.165) is 6.92 Å². The molecule has 3 fully saturated rings. The van der Waals surface area contributed by atoms with E-state index in [1.807, 2.05) is 25.9 Å². The number of nitrogens with one attached hydrogen (secondary N) is 3. The van der Waals surface area contributed by atoms with Crippen molar-refractivity contribution >= 4 is 35.3 Å². The van der Waals surface area contributed by atoms with Crippen LogP contribution >= 0.6 is 0 Å². The highest BCUT2D eigenvalue weighted by Crippen LogP contribution is 2.41. The minimum atomic E-state index is -3.28. The molecule has 4 aliphatic rings. The summed E-state index contributed by atoms with van der Waals surface area (Å²) in [4.78, 5) is 71.7.